The van der Waals surface area contributed by atoms with Gasteiger partial charge in [-0.1, -0.05) is 18.2 Å². The zero-order chi connectivity index (χ0) is 20.8. The molecule has 0 saturated heterocycles. The van der Waals surface area contributed by atoms with Crippen LogP contribution in [0.4, 0.5) is 0 Å². The molecule has 0 saturated carbocycles. The maximum Gasteiger partial charge on any atom is 0.251 e. The van der Waals surface area contributed by atoms with Gasteiger partial charge in [0, 0.05) is 11.1 Å². The van der Waals surface area contributed by atoms with Crippen molar-refractivity contribution < 1.29 is 14.3 Å². The van der Waals surface area contributed by atoms with E-state index < -0.39 is 0 Å². The molecule has 0 aliphatic heterocycles. The number of benzene rings is 3. The molecular weight excluding hydrogens is 380 g/mol. The summed E-state index contributed by atoms with van der Waals surface area (Å²) in [5.74, 6) is 3.10. The van der Waals surface area contributed by atoms with Gasteiger partial charge in [-0.2, -0.15) is 5.10 Å². The van der Waals surface area contributed by atoms with Crippen LogP contribution in [0.25, 0.3) is 11.4 Å². The number of rotatable bonds is 7. The maximum atomic E-state index is 12.4. The first-order valence-corrected chi connectivity index (χ1v) is 9.38. The number of amides is 1. The Labute approximate surface area is 173 Å². The molecule has 1 amide bonds. The fraction of sp³-hybridized carbons (Fsp3) is 0.0870. The lowest BCUT2D eigenvalue weighted by molar-refractivity contribution is 0.0950. The summed E-state index contributed by atoms with van der Waals surface area (Å²) < 4.78 is 10.9. The number of carbonyl (C=O) groups excluding carboxylic acids is 1. The molecule has 0 radical (unpaired) electrons. The summed E-state index contributed by atoms with van der Waals surface area (Å²) in [6, 6.07) is 23.9. The van der Waals surface area contributed by atoms with Crippen LogP contribution in [0.2, 0.25) is 0 Å². The Morgan fingerprint density at radius 1 is 0.900 bits per heavy atom. The van der Waals surface area contributed by atoms with E-state index in [4.69, 9.17) is 9.47 Å². The van der Waals surface area contributed by atoms with Gasteiger partial charge in [-0.25, -0.2) is 4.98 Å². The largest absolute Gasteiger partial charge is 0.497 e. The molecule has 0 spiro atoms. The van der Waals surface area contributed by atoms with Gasteiger partial charge in [0.25, 0.3) is 5.91 Å². The van der Waals surface area contributed by atoms with Gasteiger partial charge in [0.15, 0.2) is 5.82 Å². The molecule has 0 aliphatic rings. The zero-order valence-corrected chi connectivity index (χ0v) is 16.3. The topological polar surface area (TPSA) is 89.1 Å². The van der Waals surface area contributed by atoms with Crippen molar-refractivity contribution in [2.75, 3.05) is 7.11 Å². The average Bonchev–Trinajstić information content (AvgIpc) is 3.28. The molecule has 4 aromatic rings. The van der Waals surface area contributed by atoms with Gasteiger partial charge in [0.1, 0.15) is 23.1 Å². The molecule has 30 heavy (non-hydrogen) atoms. The van der Waals surface area contributed by atoms with Gasteiger partial charge in [0.2, 0.25) is 0 Å². The highest BCUT2D eigenvalue weighted by atomic mass is 16.5. The highest BCUT2D eigenvalue weighted by Gasteiger charge is 2.10. The summed E-state index contributed by atoms with van der Waals surface area (Å²) in [7, 11) is 1.62. The van der Waals surface area contributed by atoms with Gasteiger partial charge in [0.05, 0.1) is 13.7 Å². The van der Waals surface area contributed by atoms with Crippen molar-refractivity contribution in [2.24, 2.45) is 0 Å². The van der Waals surface area contributed by atoms with Crippen LogP contribution in [0.5, 0.6) is 17.2 Å². The predicted octanol–water partition coefficient (Wildman–Crippen LogP) is 4.20. The zero-order valence-electron chi connectivity index (χ0n) is 16.3. The van der Waals surface area contributed by atoms with Crippen molar-refractivity contribution in [1.29, 1.82) is 0 Å². The van der Waals surface area contributed by atoms with E-state index in [1.807, 2.05) is 54.6 Å². The van der Waals surface area contributed by atoms with Gasteiger partial charge in [-0.05, 0) is 60.7 Å². The van der Waals surface area contributed by atoms with Crippen LogP contribution in [0, 0.1) is 0 Å². The van der Waals surface area contributed by atoms with E-state index in [1.165, 1.54) is 0 Å². The summed E-state index contributed by atoms with van der Waals surface area (Å²) in [5.41, 5.74) is 1.39. The molecular formula is C23H20N4O3. The second-order valence-corrected chi connectivity index (χ2v) is 6.46. The molecule has 1 aromatic heterocycles. The Kier molecular flexibility index (Phi) is 5.70. The van der Waals surface area contributed by atoms with Crippen molar-refractivity contribution in [1.82, 2.24) is 20.5 Å². The highest BCUT2D eigenvalue weighted by molar-refractivity contribution is 5.94. The first-order valence-electron chi connectivity index (χ1n) is 9.38. The number of methoxy groups -OCH3 is 1. The summed E-state index contributed by atoms with van der Waals surface area (Å²) in [5, 5.41) is 9.88. The van der Waals surface area contributed by atoms with Crippen molar-refractivity contribution in [3.8, 4) is 28.6 Å². The predicted molar refractivity (Wildman–Crippen MR) is 112 cm³/mol. The Balaban J connectivity index is 1.33. The molecule has 3 aromatic carbocycles. The lowest BCUT2D eigenvalue weighted by atomic mass is 10.2. The molecule has 0 aliphatic carbocycles. The Morgan fingerprint density at radius 2 is 1.57 bits per heavy atom. The molecule has 4 rings (SSSR count). The monoisotopic (exact) mass is 400 g/mol. The van der Waals surface area contributed by atoms with Crippen LogP contribution in [-0.2, 0) is 6.54 Å². The van der Waals surface area contributed by atoms with Gasteiger partial charge < -0.3 is 14.8 Å². The summed E-state index contributed by atoms with van der Waals surface area (Å²) in [6.45, 7) is 0.240. The third kappa shape index (κ3) is 4.64. The second kappa shape index (κ2) is 8.91. The van der Waals surface area contributed by atoms with Crippen molar-refractivity contribution in [3.05, 3.63) is 90.3 Å². The lowest BCUT2D eigenvalue weighted by Crippen LogP contribution is -2.23. The quantitative estimate of drug-likeness (QED) is 0.485. The van der Waals surface area contributed by atoms with E-state index in [1.54, 1.807) is 31.4 Å². The molecule has 0 unspecified atom stereocenters. The van der Waals surface area contributed by atoms with Gasteiger partial charge >= 0.3 is 0 Å². The minimum Gasteiger partial charge on any atom is -0.497 e. The number of aromatic nitrogens is 3. The van der Waals surface area contributed by atoms with Crippen LogP contribution in [0.3, 0.4) is 0 Å². The van der Waals surface area contributed by atoms with Crippen molar-refractivity contribution in [2.45, 2.75) is 6.54 Å². The SMILES string of the molecule is COc1ccc(-c2n[nH]c(CNC(=O)c3ccc(Oc4ccccc4)cc3)n2)cc1. The Hall–Kier alpha value is -4.13. The molecule has 7 nitrogen and oxygen atoms in total. The number of aromatic amines is 1. The Bertz CT molecular complexity index is 1110. The van der Waals surface area contributed by atoms with Crippen LogP contribution in [-0.4, -0.2) is 28.2 Å². The number of carbonyl (C=O) groups is 1. The lowest BCUT2D eigenvalue weighted by Gasteiger charge is -2.07. The number of para-hydroxylation sites is 1. The number of ether oxygens (including phenoxy) is 2. The highest BCUT2D eigenvalue weighted by Crippen LogP contribution is 2.21. The third-order valence-corrected chi connectivity index (χ3v) is 4.39. The first-order chi connectivity index (χ1) is 14.7. The number of hydrogen-bond donors (Lipinski definition) is 2. The molecule has 1 heterocycles. The second-order valence-electron chi connectivity index (χ2n) is 6.46. The fourth-order valence-electron chi connectivity index (χ4n) is 2.81. The molecule has 0 atom stereocenters. The standard InChI is InChI=1S/C23H20N4O3/c1-29-18-11-7-16(8-12-18)22-25-21(26-27-22)15-24-23(28)17-9-13-20(14-10-17)30-19-5-3-2-4-6-19/h2-14H,15H2,1H3,(H,24,28)(H,25,26,27). The van der Waals surface area contributed by atoms with E-state index in [-0.39, 0.29) is 12.5 Å². The van der Waals surface area contributed by atoms with Crippen LogP contribution >= 0.6 is 0 Å². The number of nitrogens with zero attached hydrogens (tertiary/aromatic N) is 2. The molecule has 0 bridgehead atoms. The molecule has 0 fully saturated rings. The van der Waals surface area contributed by atoms with Crippen LogP contribution < -0.4 is 14.8 Å². The van der Waals surface area contributed by atoms with E-state index in [0.717, 1.165) is 17.1 Å². The first kappa shape index (κ1) is 19.2. The summed E-state index contributed by atoms with van der Waals surface area (Å²) >= 11 is 0. The van der Waals surface area contributed by atoms with Gasteiger partial charge in [-0.15, -0.1) is 0 Å². The normalized spacial score (nSPS) is 10.4. The Morgan fingerprint density at radius 3 is 2.27 bits per heavy atom. The number of H-pyrrole nitrogens is 1. The summed E-state index contributed by atoms with van der Waals surface area (Å²) in [4.78, 5) is 16.8. The molecule has 2 N–H and O–H groups in total. The molecule has 150 valence electrons. The van der Waals surface area contributed by atoms with Gasteiger partial charge in [-0.3, -0.25) is 9.89 Å². The van der Waals surface area contributed by atoms with Crippen LogP contribution in [0.1, 0.15) is 16.2 Å². The fourth-order valence-corrected chi connectivity index (χ4v) is 2.81. The minimum atomic E-state index is -0.205. The third-order valence-electron chi connectivity index (χ3n) is 4.39. The van der Waals surface area contributed by atoms with Crippen molar-refractivity contribution >= 4 is 5.91 Å². The number of nitrogens with one attached hydrogen (secondary N) is 2. The van der Waals surface area contributed by atoms with E-state index in [2.05, 4.69) is 20.5 Å². The smallest absolute Gasteiger partial charge is 0.251 e. The maximum absolute atomic E-state index is 12.4. The van der Waals surface area contributed by atoms with E-state index in [9.17, 15) is 4.79 Å². The van der Waals surface area contributed by atoms with Crippen molar-refractivity contribution in [3.63, 3.8) is 0 Å². The minimum absolute atomic E-state index is 0.205. The molecule has 7 heteroatoms. The summed E-state index contributed by atoms with van der Waals surface area (Å²) in [6.07, 6.45) is 0. The average molecular weight is 400 g/mol. The van der Waals surface area contributed by atoms with Crippen LogP contribution in [0.15, 0.2) is 78.9 Å². The van der Waals surface area contributed by atoms with E-state index >= 15 is 0 Å². The number of hydrogen-bond acceptors (Lipinski definition) is 5. The van der Waals surface area contributed by atoms with E-state index in [0.29, 0.717) is 23.0 Å².